The number of benzene rings is 2. The molecule has 206 valence electrons. The summed E-state index contributed by atoms with van der Waals surface area (Å²) in [6, 6.07) is 10.2. The van der Waals surface area contributed by atoms with E-state index in [4.69, 9.17) is 25.8 Å². The van der Waals surface area contributed by atoms with Crippen molar-refractivity contribution in [3.8, 4) is 17.2 Å². The molecule has 2 fully saturated rings. The Balaban J connectivity index is 1.28. The molecule has 0 bridgehead atoms. The lowest BCUT2D eigenvalue weighted by Crippen LogP contribution is -2.38. The summed E-state index contributed by atoms with van der Waals surface area (Å²) >= 11 is 6.41. The molecule has 0 radical (unpaired) electrons. The number of hydrogen-bond donors (Lipinski definition) is 3. The summed E-state index contributed by atoms with van der Waals surface area (Å²) in [5.74, 6) is 1.19. The number of nitrogens with zero attached hydrogens (tertiary/aromatic N) is 2. The Hall–Kier alpha value is -3.60. The molecule has 1 aromatic heterocycles. The highest BCUT2D eigenvalue weighted by molar-refractivity contribution is 6.33. The van der Waals surface area contributed by atoms with Gasteiger partial charge in [0.05, 0.1) is 42.1 Å². The lowest BCUT2D eigenvalue weighted by atomic mass is 10.1. The van der Waals surface area contributed by atoms with Gasteiger partial charge < -0.3 is 30.2 Å². The van der Waals surface area contributed by atoms with Crippen molar-refractivity contribution < 1.29 is 23.8 Å². The summed E-state index contributed by atoms with van der Waals surface area (Å²) in [6.45, 7) is 4.80. The molecular formula is C28H32ClN5O5. The first-order valence-electron chi connectivity index (χ1n) is 13.1. The van der Waals surface area contributed by atoms with Crippen LogP contribution in [0.1, 0.15) is 29.6 Å². The SMILES string of the molecule is COc1cc2nccc(Oc3ccc(NC(=O)NC4CC4)c(Cl)c3)c2cc1C(=O)NCCCN1CCOCC1. The lowest BCUT2D eigenvalue weighted by molar-refractivity contribution is 0.0374. The maximum absolute atomic E-state index is 13.1. The van der Waals surface area contributed by atoms with E-state index in [1.54, 1.807) is 42.6 Å². The van der Waals surface area contributed by atoms with Crippen molar-refractivity contribution >= 4 is 40.1 Å². The number of hydrogen-bond acceptors (Lipinski definition) is 7. The number of pyridine rings is 1. The number of aromatic nitrogens is 1. The number of halogens is 1. The normalized spacial score (nSPS) is 15.5. The predicted molar refractivity (Wildman–Crippen MR) is 149 cm³/mol. The molecule has 3 aromatic rings. The first-order chi connectivity index (χ1) is 19.0. The summed E-state index contributed by atoms with van der Waals surface area (Å²) in [4.78, 5) is 31.9. The minimum absolute atomic E-state index is 0.228. The fourth-order valence-corrected chi connectivity index (χ4v) is 4.59. The van der Waals surface area contributed by atoms with Crippen LogP contribution < -0.4 is 25.4 Å². The van der Waals surface area contributed by atoms with E-state index in [0.717, 1.165) is 52.1 Å². The Kier molecular flexibility index (Phi) is 8.65. The summed E-state index contributed by atoms with van der Waals surface area (Å²) < 4.78 is 17.0. The zero-order valence-corrected chi connectivity index (χ0v) is 22.6. The zero-order chi connectivity index (χ0) is 27.2. The number of carbonyl (C=O) groups is 2. The van der Waals surface area contributed by atoms with Gasteiger partial charge in [-0.3, -0.25) is 14.7 Å². The molecule has 2 aromatic carbocycles. The van der Waals surface area contributed by atoms with E-state index in [1.165, 1.54) is 7.11 Å². The van der Waals surface area contributed by atoms with Gasteiger partial charge in [0, 0.05) is 49.4 Å². The number of anilines is 1. The fourth-order valence-electron chi connectivity index (χ4n) is 4.37. The maximum atomic E-state index is 13.1. The van der Waals surface area contributed by atoms with E-state index in [9.17, 15) is 9.59 Å². The number of nitrogens with one attached hydrogen (secondary N) is 3. The van der Waals surface area contributed by atoms with E-state index < -0.39 is 0 Å². The number of carbonyl (C=O) groups excluding carboxylic acids is 2. The van der Waals surface area contributed by atoms with E-state index in [-0.39, 0.29) is 18.0 Å². The van der Waals surface area contributed by atoms with Crippen LogP contribution in [0.2, 0.25) is 5.02 Å². The average molecular weight is 554 g/mol. The molecule has 39 heavy (non-hydrogen) atoms. The van der Waals surface area contributed by atoms with E-state index in [1.807, 2.05) is 0 Å². The Morgan fingerprint density at radius 1 is 1.13 bits per heavy atom. The van der Waals surface area contributed by atoms with Crippen molar-refractivity contribution in [3.05, 3.63) is 53.2 Å². The fraction of sp³-hybridized carbons (Fsp3) is 0.393. The third-order valence-corrected chi connectivity index (χ3v) is 6.95. The standard InChI is InChI=1S/C28H32ClN5O5/c1-37-26-17-24-20(16-21(26)27(35)31-8-2-10-34-11-13-38-14-12-34)25(7-9-30-24)39-19-5-6-23(22(29)15-19)33-28(36)32-18-3-4-18/h5-7,9,15-18H,2-4,8,10-14H2,1H3,(H,31,35)(H2,32,33,36). The van der Waals surface area contributed by atoms with Crippen LogP contribution in [0, 0.1) is 0 Å². The van der Waals surface area contributed by atoms with Gasteiger partial charge in [0.15, 0.2) is 0 Å². The molecule has 3 N–H and O–H groups in total. The van der Waals surface area contributed by atoms with Crippen LogP contribution in [0.4, 0.5) is 10.5 Å². The van der Waals surface area contributed by atoms with Crippen LogP contribution >= 0.6 is 11.6 Å². The Morgan fingerprint density at radius 2 is 1.95 bits per heavy atom. The highest BCUT2D eigenvalue weighted by atomic mass is 35.5. The van der Waals surface area contributed by atoms with Crippen LogP contribution in [0.5, 0.6) is 17.2 Å². The second-order valence-corrected chi connectivity index (χ2v) is 9.97. The van der Waals surface area contributed by atoms with Crippen LogP contribution in [0.3, 0.4) is 0 Å². The number of rotatable bonds is 10. The first kappa shape index (κ1) is 27.0. The predicted octanol–water partition coefficient (Wildman–Crippen LogP) is 4.43. The van der Waals surface area contributed by atoms with Gasteiger partial charge in [0.1, 0.15) is 17.2 Å². The van der Waals surface area contributed by atoms with Gasteiger partial charge in [0.2, 0.25) is 0 Å². The van der Waals surface area contributed by atoms with Crippen molar-refractivity contribution in [1.82, 2.24) is 20.5 Å². The van der Waals surface area contributed by atoms with E-state index in [0.29, 0.717) is 51.0 Å². The Morgan fingerprint density at radius 3 is 2.69 bits per heavy atom. The number of methoxy groups -OCH3 is 1. The molecule has 2 aliphatic rings. The van der Waals surface area contributed by atoms with E-state index in [2.05, 4.69) is 25.8 Å². The minimum atomic E-state index is -0.283. The van der Waals surface area contributed by atoms with Gasteiger partial charge in [-0.15, -0.1) is 0 Å². The topological polar surface area (TPSA) is 114 Å². The summed E-state index contributed by atoms with van der Waals surface area (Å²) in [5.41, 5.74) is 1.50. The van der Waals surface area contributed by atoms with Gasteiger partial charge in [0.25, 0.3) is 5.91 Å². The van der Waals surface area contributed by atoms with E-state index >= 15 is 0 Å². The number of amides is 3. The molecule has 3 amide bonds. The molecule has 0 unspecified atom stereocenters. The quantitative estimate of drug-likeness (QED) is 0.318. The molecule has 1 aliphatic carbocycles. The molecule has 11 heteroatoms. The highest BCUT2D eigenvalue weighted by Gasteiger charge is 2.23. The summed E-state index contributed by atoms with van der Waals surface area (Å²) in [7, 11) is 1.53. The molecule has 1 saturated carbocycles. The molecule has 0 spiro atoms. The summed E-state index contributed by atoms with van der Waals surface area (Å²) in [6.07, 6.45) is 4.46. The molecule has 10 nitrogen and oxygen atoms in total. The van der Waals surface area contributed by atoms with Gasteiger partial charge >= 0.3 is 6.03 Å². The third-order valence-electron chi connectivity index (χ3n) is 6.64. The van der Waals surface area contributed by atoms with Gasteiger partial charge in [-0.25, -0.2) is 4.79 Å². The van der Waals surface area contributed by atoms with Crippen molar-refractivity contribution in [3.63, 3.8) is 0 Å². The summed E-state index contributed by atoms with van der Waals surface area (Å²) in [5, 5.41) is 9.61. The third kappa shape index (κ3) is 7.08. The molecule has 2 heterocycles. The first-order valence-corrected chi connectivity index (χ1v) is 13.5. The van der Waals surface area contributed by atoms with Gasteiger partial charge in [-0.05, 0) is 50.1 Å². The van der Waals surface area contributed by atoms with Gasteiger partial charge in [-0.2, -0.15) is 0 Å². The van der Waals surface area contributed by atoms with Crippen LogP contribution in [-0.2, 0) is 4.74 Å². The Bertz CT molecular complexity index is 1340. The average Bonchev–Trinajstić information content (AvgIpc) is 3.76. The number of ether oxygens (including phenoxy) is 3. The number of morpholine rings is 1. The lowest BCUT2D eigenvalue weighted by Gasteiger charge is -2.26. The van der Waals surface area contributed by atoms with Crippen molar-refractivity contribution in [2.45, 2.75) is 25.3 Å². The molecule has 0 atom stereocenters. The monoisotopic (exact) mass is 553 g/mol. The van der Waals surface area contributed by atoms with Crippen molar-refractivity contribution in [1.29, 1.82) is 0 Å². The Labute approximate surface area is 231 Å². The van der Waals surface area contributed by atoms with Crippen LogP contribution in [-0.4, -0.2) is 74.4 Å². The number of urea groups is 1. The molecule has 1 saturated heterocycles. The van der Waals surface area contributed by atoms with Crippen molar-refractivity contribution in [2.24, 2.45) is 0 Å². The molecule has 1 aliphatic heterocycles. The highest BCUT2D eigenvalue weighted by Crippen LogP contribution is 2.35. The van der Waals surface area contributed by atoms with Crippen molar-refractivity contribution in [2.75, 3.05) is 51.8 Å². The second-order valence-electron chi connectivity index (χ2n) is 9.56. The minimum Gasteiger partial charge on any atom is -0.496 e. The van der Waals surface area contributed by atoms with Gasteiger partial charge in [-0.1, -0.05) is 11.6 Å². The smallest absolute Gasteiger partial charge is 0.319 e. The molecular weight excluding hydrogens is 522 g/mol. The molecule has 5 rings (SSSR count). The number of fused-ring (bicyclic) bond motifs is 1. The zero-order valence-electron chi connectivity index (χ0n) is 21.8. The largest absolute Gasteiger partial charge is 0.496 e. The second kappa shape index (κ2) is 12.5. The van der Waals surface area contributed by atoms with Crippen LogP contribution in [0.25, 0.3) is 10.9 Å². The maximum Gasteiger partial charge on any atom is 0.319 e. The van der Waals surface area contributed by atoms with Crippen LogP contribution in [0.15, 0.2) is 42.6 Å².